The number of anilines is 2. The molecule has 1 saturated carbocycles. The smallest absolute Gasteiger partial charge is 0.341 e. The molecule has 55 heavy (non-hydrogen) atoms. The number of fused-ring (bicyclic) bond motifs is 2. The second-order valence-electron chi connectivity index (χ2n) is 16.3. The van der Waals surface area contributed by atoms with Gasteiger partial charge >= 0.3 is 5.97 Å². The van der Waals surface area contributed by atoms with Crippen molar-refractivity contribution in [2.45, 2.75) is 110 Å². The lowest BCUT2D eigenvalue weighted by Gasteiger charge is -2.37. The summed E-state index contributed by atoms with van der Waals surface area (Å²) in [7, 11) is 1.79. The molecule has 1 amide bonds. The molecule has 14 heteroatoms. The number of aryl methyl sites for hydroxylation is 2. The van der Waals surface area contributed by atoms with Gasteiger partial charge in [0.05, 0.1) is 42.2 Å². The standard InChI is InChI=1S/C41H53F2N9O3/c1-26(2)55-41(54)30-22-44-51(24-30)31-9-7-28(8-10-31)23-48-17-11-32(12-18-48)52-37-14-19-49(27(3)53)25-35(37)40(46-52)50-15-5-6-29-20-33(36-13-16-47(4)45-36)34(39(42)43)21-38(29)50/h13,16,20-22,24,26,28,31-32,39H,5-12,14-15,17-19,23,25H2,1-4H3. The van der Waals surface area contributed by atoms with Crippen molar-refractivity contribution in [3.8, 4) is 11.3 Å². The van der Waals surface area contributed by atoms with E-state index in [9.17, 15) is 18.4 Å². The molecule has 294 valence electrons. The fourth-order valence-electron chi connectivity index (χ4n) is 9.27. The minimum Gasteiger partial charge on any atom is -0.459 e. The first-order valence-corrected chi connectivity index (χ1v) is 20.1. The van der Waals surface area contributed by atoms with E-state index in [1.807, 2.05) is 35.7 Å². The van der Waals surface area contributed by atoms with Gasteiger partial charge in [-0.15, -0.1) is 0 Å². The van der Waals surface area contributed by atoms with Gasteiger partial charge < -0.3 is 19.4 Å². The van der Waals surface area contributed by atoms with Crippen LogP contribution in [0.25, 0.3) is 11.3 Å². The van der Waals surface area contributed by atoms with E-state index >= 15 is 0 Å². The minimum absolute atomic E-state index is 0.0249. The van der Waals surface area contributed by atoms with Gasteiger partial charge in [-0.05, 0) is 94.9 Å². The Morgan fingerprint density at radius 1 is 0.964 bits per heavy atom. The predicted octanol–water partition coefficient (Wildman–Crippen LogP) is 7.04. The van der Waals surface area contributed by atoms with Crippen molar-refractivity contribution in [2.75, 3.05) is 37.6 Å². The molecule has 6 heterocycles. The molecule has 1 saturated heterocycles. The maximum atomic E-state index is 14.7. The molecule has 3 aromatic heterocycles. The molecular formula is C41H53F2N9O3. The van der Waals surface area contributed by atoms with Gasteiger partial charge in [-0.3, -0.25) is 18.8 Å². The highest BCUT2D eigenvalue weighted by atomic mass is 19.3. The Balaban J connectivity index is 0.965. The summed E-state index contributed by atoms with van der Waals surface area (Å²) in [5, 5.41) is 14.3. The van der Waals surface area contributed by atoms with Crippen LogP contribution in [0, 0.1) is 5.92 Å². The fourth-order valence-corrected chi connectivity index (χ4v) is 9.27. The number of benzene rings is 1. The van der Waals surface area contributed by atoms with Crippen LogP contribution in [-0.2, 0) is 36.0 Å². The Kier molecular flexibility index (Phi) is 10.5. The number of nitrogens with zero attached hydrogens (tertiary/aromatic N) is 9. The van der Waals surface area contributed by atoms with E-state index in [1.165, 1.54) is 5.69 Å². The van der Waals surface area contributed by atoms with Crippen LogP contribution in [0.5, 0.6) is 0 Å². The summed E-state index contributed by atoms with van der Waals surface area (Å²) in [6, 6.07) is 5.88. The third-order valence-corrected chi connectivity index (χ3v) is 12.1. The monoisotopic (exact) mass is 757 g/mol. The van der Waals surface area contributed by atoms with Gasteiger partial charge in [-0.25, -0.2) is 13.6 Å². The van der Waals surface area contributed by atoms with Crippen LogP contribution in [0.1, 0.15) is 117 Å². The number of amides is 1. The molecular weight excluding hydrogens is 705 g/mol. The second kappa shape index (κ2) is 15.5. The molecule has 0 atom stereocenters. The highest BCUT2D eigenvalue weighted by Crippen LogP contribution is 2.44. The van der Waals surface area contributed by atoms with E-state index in [-0.39, 0.29) is 29.6 Å². The van der Waals surface area contributed by atoms with Crippen LogP contribution in [-0.4, -0.2) is 89.8 Å². The fraction of sp³-hybridized carbons (Fsp3) is 0.585. The Morgan fingerprint density at radius 2 is 1.75 bits per heavy atom. The average Bonchev–Trinajstić information content (AvgIpc) is 3.93. The number of likely N-dealkylation sites (tertiary alicyclic amines) is 1. The SMILES string of the molecule is CC(=O)N1CCc2c(c(N3CCCc4cc(-c5ccn(C)n5)c(C(F)F)cc43)nn2C2CCN(CC3CCC(n4cc(C(=O)OC(C)C)cn4)CC3)CC2)C1. The molecule has 0 N–H and O–H groups in total. The van der Waals surface area contributed by atoms with E-state index in [1.54, 1.807) is 43.2 Å². The van der Waals surface area contributed by atoms with Crippen molar-refractivity contribution in [3.05, 3.63) is 64.7 Å². The van der Waals surface area contributed by atoms with Gasteiger partial charge in [-0.2, -0.15) is 15.3 Å². The van der Waals surface area contributed by atoms with Crippen LogP contribution in [0.4, 0.5) is 20.3 Å². The van der Waals surface area contributed by atoms with Crippen LogP contribution < -0.4 is 4.90 Å². The Morgan fingerprint density at radius 3 is 2.44 bits per heavy atom. The van der Waals surface area contributed by atoms with Crippen LogP contribution in [0.2, 0.25) is 0 Å². The van der Waals surface area contributed by atoms with Gasteiger partial charge in [0.15, 0.2) is 5.82 Å². The maximum absolute atomic E-state index is 14.7. The number of aromatic nitrogens is 6. The van der Waals surface area contributed by atoms with E-state index in [2.05, 4.69) is 24.7 Å². The zero-order valence-corrected chi connectivity index (χ0v) is 32.5. The highest BCUT2D eigenvalue weighted by molar-refractivity contribution is 5.88. The van der Waals surface area contributed by atoms with E-state index in [0.29, 0.717) is 48.4 Å². The van der Waals surface area contributed by atoms with Gasteiger partial charge in [-0.1, -0.05) is 0 Å². The number of carbonyl (C=O) groups excluding carboxylic acids is 2. The number of esters is 1. The van der Waals surface area contributed by atoms with Crippen molar-refractivity contribution in [1.29, 1.82) is 0 Å². The third kappa shape index (κ3) is 7.66. The number of alkyl halides is 2. The summed E-state index contributed by atoms with van der Waals surface area (Å²) in [6.07, 6.45) is 11.1. The molecule has 2 fully saturated rings. The van der Waals surface area contributed by atoms with Crippen LogP contribution >= 0.6 is 0 Å². The maximum Gasteiger partial charge on any atom is 0.341 e. The number of halogens is 2. The van der Waals surface area contributed by atoms with Crippen molar-refractivity contribution < 1.29 is 23.1 Å². The first-order chi connectivity index (χ1) is 26.5. The van der Waals surface area contributed by atoms with Gasteiger partial charge in [0, 0.05) is 93.6 Å². The summed E-state index contributed by atoms with van der Waals surface area (Å²) in [5.41, 5.74) is 5.52. The molecule has 1 aromatic carbocycles. The Labute approximate surface area is 321 Å². The molecule has 3 aliphatic heterocycles. The first kappa shape index (κ1) is 37.3. The molecule has 0 radical (unpaired) electrons. The van der Waals surface area contributed by atoms with Crippen molar-refractivity contribution in [1.82, 2.24) is 39.1 Å². The molecule has 0 bridgehead atoms. The lowest BCUT2D eigenvalue weighted by atomic mass is 9.85. The quantitative estimate of drug-likeness (QED) is 0.168. The van der Waals surface area contributed by atoms with E-state index < -0.39 is 6.43 Å². The summed E-state index contributed by atoms with van der Waals surface area (Å²) >= 11 is 0. The summed E-state index contributed by atoms with van der Waals surface area (Å²) < 4.78 is 40.5. The lowest BCUT2D eigenvalue weighted by molar-refractivity contribution is -0.129. The van der Waals surface area contributed by atoms with Crippen LogP contribution in [0.15, 0.2) is 36.8 Å². The molecule has 1 aliphatic carbocycles. The molecule has 4 aliphatic rings. The number of ether oxygens (including phenoxy) is 1. The number of rotatable bonds is 9. The molecule has 4 aromatic rings. The summed E-state index contributed by atoms with van der Waals surface area (Å²) in [5.74, 6) is 1.14. The van der Waals surface area contributed by atoms with Crippen LogP contribution in [0.3, 0.4) is 0 Å². The molecule has 0 spiro atoms. The summed E-state index contributed by atoms with van der Waals surface area (Å²) in [6.45, 7) is 10.2. The largest absolute Gasteiger partial charge is 0.459 e. The Bertz CT molecular complexity index is 2020. The lowest BCUT2D eigenvalue weighted by Crippen LogP contribution is -2.40. The number of carbonyl (C=O) groups is 2. The average molecular weight is 758 g/mol. The van der Waals surface area contributed by atoms with Gasteiger partial charge in [0.2, 0.25) is 5.91 Å². The predicted molar refractivity (Wildman–Crippen MR) is 204 cm³/mol. The third-order valence-electron chi connectivity index (χ3n) is 12.1. The highest BCUT2D eigenvalue weighted by Gasteiger charge is 2.35. The van der Waals surface area contributed by atoms with E-state index in [0.717, 1.165) is 100 Å². The van der Waals surface area contributed by atoms with Crippen molar-refractivity contribution in [3.63, 3.8) is 0 Å². The zero-order chi connectivity index (χ0) is 38.4. The second-order valence-corrected chi connectivity index (χ2v) is 16.3. The number of piperidine rings is 1. The minimum atomic E-state index is -2.66. The van der Waals surface area contributed by atoms with Crippen molar-refractivity contribution in [2.24, 2.45) is 13.0 Å². The number of hydrogen-bond acceptors (Lipinski definition) is 8. The van der Waals surface area contributed by atoms with Gasteiger partial charge in [0.25, 0.3) is 6.43 Å². The van der Waals surface area contributed by atoms with E-state index in [4.69, 9.17) is 9.84 Å². The number of hydrogen-bond donors (Lipinski definition) is 0. The molecule has 12 nitrogen and oxygen atoms in total. The van der Waals surface area contributed by atoms with Gasteiger partial charge in [0.1, 0.15) is 0 Å². The Hall–Kier alpha value is -4.59. The summed E-state index contributed by atoms with van der Waals surface area (Å²) in [4.78, 5) is 31.6. The zero-order valence-electron chi connectivity index (χ0n) is 32.5. The normalized spacial score (nSPS) is 20.9. The van der Waals surface area contributed by atoms with Crippen molar-refractivity contribution >= 4 is 23.4 Å². The first-order valence-electron chi connectivity index (χ1n) is 20.1. The molecule has 0 unspecified atom stereocenters. The molecule has 8 rings (SSSR count). The topological polar surface area (TPSA) is 107 Å².